The molecular formula is C24H78Cr2O36S6+12. The fraction of sp³-hybridized carbons (Fsp3) is 0.500. The van der Waals surface area contributed by atoms with Gasteiger partial charge in [-0.3, -0.25) is 0 Å². The van der Waals surface area contributed by atoms with Crippen molar-refractivity contribution in [2.24, 2.45) is 0 Å². The first kappa shape index (κ1) is 132. The molecule has 2 aromatic rings. The molecule has 42 N–H and O–H groups in total. The van der Waals surface area contributed by atoms with Crippen molar-refractivity contribution in [2.45, 2.75) is 34.5 Å². The van der Waals surface area contributed by atoms with E-state index in [4.69, 9.17) is 30.6 Å². The molecule has 2 rings (SSSR count). The molecular weight excluding hydrogens is 1160 g/mol. The van der Waals surface area contributed by atoms with Gasteiger partial charge in [0.25, 0.3) is 0 Å². The summed E-state index contributed by atoms with van der Waals surface area (Å²) in [5.41, 5.74) is -1.22. The zero-order valence-electron chi connectivity index (χ0n) is 36.9. The fourth-order valence-electron chi connectivity index (χ4n) is 3.40. The maximum Gasteiger partial charge on any atom is 3.00 e. The number of rotatable bonds is 12. The van der Waals surface area contributed by atoms with Crippen molar-refractivity contribution in [1.82, 2.24) is 0 Å². The number of benzene rings is 2. The van der Waals surface area contributed by atoms with Crippen molar-refractivity contribution in [3.05, 3.63) is 69.8 Å². The van der Waals surface area contributed by atoms with E-state index >= 15 is 0 Å². The fourth-order valence-corrected chi connectivity index (χ4v) is 6.85. The second kappa shape index (κ2) is 65.2. The summed E-state index contributed by atoms with van der Waals surface area (Å²) >= 11 is 0. The number of hydrogen-bond donors (Lipinski definition) is 6. The predicted octanol–water partition coefficient (Wildman–Crippen LogP) is -15.8. The van der Waals surface area contributed by atoms with E-state index in [-0.39, 0.29) is 134 Å². The van der Waals surface area contributed by atoms with Crippen molar-refractivity contribution in [3.8, 4) is 0 Å². The molecule has 0 spiro atoms. The van der Waals surface area contributed by atoms with Crippen LogP contribution >= 0.6 is 0 Å². The summed E-state index contributed by atoms with van der Waals surface area (Å²) in [6.45, 7) is 0. The van der Waals surface area contributed by atoms with Gasteiger partial charge in [-0.15, -0.1) is 0 Å². The largest absolute Gasteiger partial charge is 3.00 e. The average Bonchev–Trinajstić information content (AvgIpc) is 2.98. The standard InChI is InChI=1S/2C9H12O9S3.6CH4O.2Cr.12H2O/c2*10-19(11,12)4-7-1-8(5-20(13,14)15)3-9(2-7)6-21(16,17)18;6*1-2;;;;;;;;;;;;;;/h2*1-3H,4-6H2,(H,10,11,12)(H,13,14,15)(H,16,17,18);6*2H,1H3;;;12*1H2/q;;;;;;;;2*+3;;;;;;;;;;;;/p+6. The Labute approximate surface area is 414 Å². The van der Waals surface area contributed by atoms with Crippen LogP contribution in [0.25, 0.3) is 0 Å². The van der Waals surface area contributed by atoms with Gasteiger partial charge in [0.05, 0.1) is 95.2 Å². The number of aliphatic hydroxyl groups excluding tert-OH is 6. The van der Waals surface area contributed by atoms with Crippen LogP contribution in [0.3, 0.4) is 0 Å². The molecule has 0 amide bonds. The predicted molar refractivity (Wildman–Crippen MR) is 241 cm³/mol. The monoisotopic (exact) mass is 1240 g/mol. The molecule has 0 atom stereocenters. The van der Waals surface area contributed by atoms with Crippen molar-refractivity contribution in [1.29, 1.82) is 0 Å². The van der Waals surface area contributed by atoms with Crippen LogP contribution in [0.15, 0.2) is 36.4 Å². The molecule has 68 heavy (non-hydrogen) atoms. The van der Waals surface area contributed by atoms with E-state index in [9.17, 15) is 77.8 Å². The summed E-state index contributed by atoms with van der Waals surface area (Å²) in [5.74, 6) is -6.13. The van der Waals surface area contributed by atoms with Gasteiger partial charge in [0.1, 0.15) is 0 Å². The summed E-state index contributed by atoms with van der Waals surface area (Å²) in [4.78, 5) is 0. The Balaban J connectivity index is -0.0000000263. The van der Waals surface area contributed by atoms with Gasteiger partial charge in [0.2, 0.25) is 0 Å². The Kier molecular flexibility index (Phi) is 127. The second-order valence-electron chi connectivity index (χ2n) is 8.53. The minimum absolute atomic E-state index is 0. The van der Waals surface area contributed by atoms with Gasteiger partial charge in [-0.1, -0.05) is 36.4 Å². The molecule has 44 heteroatoms. The molecule has 0 aliphatic rings. The molecule has 0 bridgehead atoms. The minimum Gasteiger partial charge on any atom is -0.748 e. The van der Waals surface area contributed by atoms with Crippen molar-refractivity contribution in [2.75, 3.05) is 42.7 Å². The quantitative estimate of drug-likeness (QED) is 0.0849. The Bertz CT molecular complexity index is 1600. The zero-order valence-corrected chi connectivity index (χ0v) is 44.4. The summed E-state index contributed by atoms with van der Waals surface area (Å²) < 4.78 is 192. The van der Waals surface area contributed by atoms with E-state index in [1.165, 1.54) is 0 Å². The van der Waals surface area contributed by atoms with E-state index in [1.807, 2.05) is 0 Å². The normalized spacial score (nSPS) is 8.74. The summed E-state index contributed by atoms with van der Waals surface area (Å²) in [5, 5.41) is 42.0. The molecule has 426 valence electrons. The molecule has 0 saturated heterocycles. The topological polar surface area (TPSA) is 861 Å². The van der Waals surface area contributed by atoms with E-state index in [0.717, 1.165) is 79.1 Å². The molecule has 0 unspecified atom stereocenters. The Morgan fingerprint density at radius 3 is 0.353 bits per heavy atom. The molecule has 0 aromatic heterocycles. The maximum atomic E-state index is 10.7. The molecule has 36 nitrogen and oxygen atoms in total. The van der Waals surface area contributed by atoms with Gasteiger partial charge in [0.15, 0.2) is 0 Å². The van der Waals surface area contributed by atoms with Crippen molar-refractivity contribution < 1.29 is 209 Å². The second-order valence-corrected chi connectivity index (χ2v) is 17.0. The Morgan fingerprint density at radius 1 is 0.250 bits per heavy atom. The van der Waals surface area contributed by atoms with Crippen LogP contribution in [0.2, 0.25) is 0 Å². The van der Waals surface area contributed by atoms with Gasteiger partial charge < -0.3 is 124 Å². The van der Waals surface area contributed by atoms with Crippen LogP contribution in [-0.4, -0.2) is 151 Å². The molecule has 0 aliphatic carbocycles. The van der Waals surface area contributed by atoms with Gasteiger partial charge in [-0.05, 0) is 33.4 Å². The smallest absolute Gasteiger partial charge is 0.748 e. The molecule has 0 heterocycles. The van der Waals surface area contributed by atoms with Crippen LogP contribution in [0, 0.1) is 0 Å². The minimum atomic E-state index is -4.70. The van der Waals surface area contributed by atoms with E-state index in [1.54, 1.807) is 0 Å². The Morgan fingerprint density at radius 2 is 0.309 bits per heavy atom. The first-order chi connectivity index (χ1) is 24.5. The van der Waals surface area contributed by atoms with E-state index in [2.05, 4.69) is 0 Å². The third-order valence-electron chi connectivity index (χ3n) is 4.29. The third kappa shape index (κ3) is 94.1. The first-order valence-electron chi connectivity index (χ1n) is 13.0. The van der Waals surface area contributed by atoms with Crippen LogP contribution in [-0.2, 0) is 196 Å². The first-order valence-corrected chi connectivity index (χ1v) is 22.5. The molecule has 0 fully saturated rings. The van der Waals surface area contributed by atoms with Gasteiger partial charge in [-0.2, -0.15) is 0 Å². The molecule has 2 aromatic carbocycles. The number of hydrogen-bond acceptors (Lipinski definition) is 24. The molecule has 2 radical (unpaired) electrons. The van der Waals surface area contributed by atoms with E-state index in [0.29, 0.717) is 0 Å². The molecule has 0 saturated carbocycles. The van der Waals surface area contributed by atoms with Gasteiger partial charge in [-0.25, -0.2) is 50.5 Å². The zero-order chi connectivity index (χ0) is 44.9. The SMILES string of the molecule is CO.CO.CO.CO.CO.CO.O=S(=O)([O-])Cc1cc(CS(=O)(=O)[O-])cc(CS(=O)(=O)[O-])c1.O=S(=O)([O-])Cc1cc(CS(=O)(=O)[O-])cc(CS(=O)(=O)[O-])c1.[Cr+3].[Cr+3].[OH3+].[OH3+].[OH3+].[OH3+].[OH3+].[OH3+].[OH3+].[OH3+].[OH3+].[OH3+].[OH3+].[OH3+]. The van der Waals surface area contributed by atoms with Gasteiger partial charge >= 0.3 is 34.7 Å². The third-order valence-corrected chi connectivity index (χ3v) is 8.41. The van der Waals surface area contributed by atoms with Crippen LogP contribution < -0.4 is 0 Å². The Hall–Kier alpha value is -1.76. The van der Waals surface area contributed by atoms with Gasteiger partial charge in [0, 0.05) is 42.7 Å². The van der Waals surface area contributed by atoms with Crippen molar-refractivity contribution in [3.63, 3.8) is 0 Å². The molecule has 0 aliphatic heterocycles. The van der Waals surface area contributed by atoms with Crippen molar-refractivity contribution >= 4 is 60.7 Å². The van der Waals surface area contributed by atoms with Crippen LogP contribution in [0.1, 0.15) is 33.4 Å². The summed E-state index contributed by atoms with van der Waals surface area (Å²) in [7, 11) is -22.2. The summed E-state index contributed by atoms with van der Waals surface area (Å²) in [6.07, 6.45) is 0. The maximum absolute atomic E-state index is 10.7. The average molecular weight is 1240 g/mol. The summed E-state index contributed by atoms with van der Waals surface area (Å²) in [6, 6.07) is 5.87. The van der Waals surface area contributed by atoms with E-state index < -0.39 is 95.2 Å². The number of aliphatic hydroxyl groups is 6. The van der Waals surface area contributed by atoms with Crippen LogP contribution in [0.4, 0.5) is 0 Å². The van der Waals surface area contributed by atoms with Crippen LogP contribution in [0.5, 0.6) is 0 Å².